The van der Waals surface area contributed by atoms with Gasteiger partial charge in [-0.05, 0) is 220 Å². The number of benzene rings is 2. The van der Waals surface area contributed by atoms with Crippen LogP contribution in [0.1, 0.15) is 170 Å². The molecule has 0 aliphatic heterocycles. The van der Waals surface area contributed by atoms with Gasteiger partial charge in [0.15, 0.2) is 0 Å². The molecule has 6 saturated carbocycles. The van der Waals surface area contributed by atoms with Gasteiger partial charge in [0.25, 0.3) is 0 Å². The number of hydrogen-bond donors (Lipinski definition) is 3. The predicted molar refractivity (Wildman–Crippen MR) is 330 cm³/mol. The zero-order valence-corrected chi connectivity index (χ0v) is 52.7. The van der Waals surface area contributed by atoms with Crippen LogP contribution >= 0.6 is 11.8 Å². The van der Waals surface area contributed by atoms with Crippen LogP contribution < -0.4 is 4.84 Å². The second-order valence-electron chi connectivity index (χ2n) is 30.0. The van der Waals surface area contributed by atoms with Gasteiger partial charge in [0.05, 0.1) is 50.9 Å². The molecular formula is C69H97ClN8O6. The SMILES string of the molecule is COC(=O)CC[C@@H](C)C(C)C1(C)CCC2[C@@H](CC[C@H]3C[C@](O)(Cn4cc(-c5ccc6c7ccc(-c8cn(C[C@]9(O)CCC%10(C)C%11CCC%12(C)C([C@H](C)CCC(=O)OC)CC[C@H]%12[C@@H]%11C=C[C@@H]%10C9)nn8)cc7n(CCNCl)c6c5)nn4)CCC23C)C1. The molecule has 0 bridgehead atoms. The third-order valence-corrected chi connectivity index (χ3v) is 25.9. The van der Waals surface area contributed by atoms with Crippen LogP contribution in [0.2, 0.25) is 0 Å². The summed E-state index contributed by atoms with van der Waals surface area (Å²) in [5.41, 5.74) is 4.83. The largest absolute Gasteiger partial charge is 0.469 e. The molecule has 6 fully saturated rings. The maximum absolute atomic E-state index is 12.4. The number of rotatable bonds is 18. The van der Waals surface area contributed by atoms with Crippen molar-refractivity contribution in [1.82, 2.24) is 39.4 Å². The molecule has 456 valence electrons. The Hall–Kier alpha value is -4.63. The zero-order chi connectivity index (χ0) is 59.1. The van der Waals surface area contributed by atoms with Crippen molar-refractivity contribution in [2.75, 3.05) is 20.8 Å². The van der Waals surface area contributed by atoms with Crippen LogP contribution in [0.15, 0.2) is 60.9 Å². The Morgan fingerprint density at radius 3 is 1.90 bits per heavy atom. The highest BCUT2D eigenvalue weighted by Gasteiger charge is 2.61. The van der Waals surface area contributed by atoms with E-state index in [4.69, 9.17) is 31.4 Å². The van der Waals surface area contributed by atoms with E-state index in [0.717, 1.165) is 102 Å². The van der Waals surface area contributed by atoms with Gasteiger partial charge in [-0.15, -0.1) is 10.2 Å². The lowest BCUT2D eigenvalue weighted by atomic mass is 9.45. The molecule has 84 heavy (non-hydrogen) atoms. The first-order valence-electron chi connectivity index (χ1n) is 32.6. The molecular weight excluding hydrogens is 1070 g/mol. The number of aromatic nitrogens is 7. The summed E-state index contributed by atoms with van der Waals surface area (Å²) in [4.78, 5) is 26.9. The van der Waals surface area contributed by atoms with Crippen LogP contribution in [0.5, 0.6) is 0 Å². The fraction of sp³-hybridized carbons (Fsp3) is 0.710. The maximum Gasteiger partial charge on any atom is 0.305 e. The number of carbonyl (C=O) groups excluding carboxylic acids is 2. The van der Waals surface area contributed by atoms with Crippen molar-refractivity contribution >= 4 is 45.5 Å². The minimum atomic E-state index is -0.887. The lowest BCUT2D eigenvalue weighted by Gasteiger charge is -2.61. The highest BCUT2D eigenvalue weighted by Crippen LogP contribution is 2.68. The Labute approximate surface area is 504 Å². The summed E-state index contributed by atoms with van der Waals surface area (Å²) >= 11 is 6.15. The number of ether oxygens (including phenoxy) is 2. The lowest BCUT2D eigenvalue weighted by Crippen LogP contribution is -2.55. The van der Waals surface area contributed by atoms with Gasteiger partial charge in [-0.2, -0.15) is 0 Å². The van der Waals surface area contributed by atoms with Gasteiger partial charge >= 0.3 is 11.9 Å². The van der Waals surface area contributed by atoms with E-state index in [9.17, 15) is 19.8 Å². The minimum Gasteiger partial charge on any atom is -0.469 e. The summed E-state index contributed by atoms with van der Waals surface area (Å²) in [5.74, 6) is 6.00. The smallest absolute Gasteiger partial charge is 0.305 e. The van der Waals surface area contributed by atoms with Gasteiger partial charge in [-0.25, -0.2) is 14.2 Å². The summed E-state index contributed by atoms with van der Waals surface area (Å²) in [6.45, 7) is 19.3. The number of carbonyl (C=O) groups is 2. The quantitative estimate of drug-likeness (QED) is 0.0433. The number of hydrogen-bond acceptors (Lipinski definition) is 11. The summed E-state index contributed by atoms with van der Waals surface area (Å²) < 4.78 is 16.0. The van der Waals surface area contributed by atoms with Crippen molar-refractivity contribution in [3.05, 3.63) is 60.9 Å². The minimum absolute atomic E-state index is 0.0975. The summed E-state index contributed by atoms with van der Waals surface area (Å²) in [6.07, 6.45) is 28.0. The first-order valence-corrected chi connectivity index (χ1v) is 33.0. The maximum atomic E-state index is 12.4. The van der Waals surface area contributed by atoms with E-state index in [1.807, 2.05) is 21.8 Å². The Morgan fingerprint density at radius 2 is 1.27 bits per heavy atom. The molecule has 3 aromatic heterocycles. The van der Waals surface area contributed by atoms with E-state index >= 15 is 0 Å². The molecule has 14 nitrogen and oxygen atoms in total. The molecule has 3 N–H and O–H groups in total. The number of allylic oxidation sites excluding steroid dienone is 2. The van der Waals surface area contributed by atoms with Gasteiger partial charge < -0.3 is 24.3 Å². The van der Waals surface area contributed by atoms with Crippen LogP contribution in [-0.4, -0.2) is 88.7 Å². The average molecular weight is 1170 g/mol. The Balaban J connectivity index is 0.699. The Kier molecular flexibility index (Phi) is 16.2. The van der Waals surface area contributed by atoms with Crippen molar-refractivity contribution in [2.24, 2.45) is 86.8 Å². The van der Waals surface area contributed by atoms with Gasteiger partial charge in [0.2, 0.25) is 0 Å². The molecule has 0 amide bonds. The average Bonchev–Trinajstić information content (AvgIpc) is 3.42. The van der Waals surface area contributed by atoms with Crippen LogP contribution in [0.25, 0.3) is 44.3 Å². The van der Waals surface area contributed by atoms with E-state index in [-0.39, 0.29) is 28.2 Å². The highest BCUT2D eigenvalue weighted by atomic mass is 35.5. The summed E-state index contributed by atoms with van der Waals surface area (Å²) in [7, 11) is 2.98. The molecule has 7 aliphatic rings. The number of methoxy groups -OCH3 is 2. The molecule has 7 aliphatic carbocycles. The number of halogens is 1. The van der Waals surface area contributed by atoms with Gasteiger partial charge in [0.1, 0.15) is 11.4 Å². The Morgan fingerprint density at radius 1 is 0.679 bits per heavy atom. The Bertz CT molecular complexity index is 3260. The number of nitrogens with zero attached hydrogens (tertiary/aromatic N) is 7. The van der Waals surface area contributed by atoms with Crippen LogP contribution in [0.4, 0.5) is 0 Å². The van der Waals surface area contributed by atoms with Crippen molar-refractivity contribution in [2.45, 2.75) is 201 Å². The predicted octanol–water partition coefficient (Wildman–Crippen LogP) is 13.8. The molecule has 5 aromatic rings. The third kappa shape index (κ3) is 10.7. The number of aliphatic hydroxyl groups is 2. The van der Waals surface area contributed by atoms with Crippen molar-refractivity contribution in [1.29, 1.82) is 0 Å². The lowest BCUT2D eigenvalue weighted by molar-refractivity contribution is -0.145. The first-order chi connectivity index (χ1) is 40.1. The summed E-state index contributed by atoms with van der Waals surface area (Å²) in [6, 6.07) is 13.0. The van der Waals surface area contributed by atoms with Gasteiger partial charge in [-0.3, -0.25) is 9.59 Å². The van der Waals surface area contributed by atoms with Crippen LogP contribution in [0, 0.1) is 86.8 Å². The zero-order valence-electron chi connectivity index (χ0n) is 51.9. The third-order valence-electron chi connectivity index (χ3n) is 25.7. The highest BCUT2D eigenvalue weighted by molar-refractivity contribution is 6.13. The van der Waals surface area contributed by atoms with Crippen LogP contribution in [-0.2, 0) is 38.7 Å². The molecule has 3 heterocycles. The summed E-state index contributed by atoms with van der Waals surface area (Å²) in [5, 5.41) is 45.8. The molecule has 12 rings (SSSR count). The molecule has 0 saturated heterocycles. The molecule has 17 atom stereocenters. The van der Waals surface area contributed by atoms with E-state index in [0.29, 0.717) is 110 Å². The van der Waals surface area contributed by atoms with Crippen LogP contribution in [0.3, 0.4) is 0 Å². The van der Waals surface area contributed by atoms with Gasteiger partial charge in [0, 0.05) is 58.9 Å². The molecule has 0 radical (unpaired) electrons. The topological polar surface area (TPSA) is 171 Å². The van der Waals surface area contributed by atoms with E-state index in [1.165, 1.54) is 65.6 Å². The standard InChI is InChI=1S/C69H97ClN8O6/c1-43(10-22-62(79)83-8)45(3)64(4)26-24-55-48(36-64)12-15-49-37-68(81,30-28-65(49,55)5)41-76-39-58(72-74-76)46-13-17-51-52-18-14-47(35-61(52)78(33-32-71-70)60(51)34-46)59-40-77(75-73-59)42-69(82)31-29-66(6)50(38-69)16-19-53-56-21-20-54(44(2)11-23-63(80)84-9)67(56,7)27-25-57(53)66/h13-14,16-19,34-35,39-40,43-45,48-50,53-57,71,81-82H,10-12,15,20-33,36-38,41-42H2,1-9H3/t43-,44-,45?,48+,49+,50-,53+,54?,55?,56+,57?,64?,65?,66?,67?,68+,69+/m1/s1. The fourth-order valence-corrected chi connectivity index (χ4v) is 20.5. The molecule has 2 aromatic carbocycles. The number of fused-ring (bicyclic) bond motifs is 11. The second kappa shape index (κ2) is 22.8. The molecule has 0 spiro atoms. The van der Waals surface area contributed by atoms with Crippen molar-refractivity contribution in [3.63, 3.8) is 0 Å². The van der Waals surface area contributed by atoms with E-state index < -0.39 is 11.2 Å². The first kappa shape index (κ1) is 59.7. The van der Waals surface area contributed by atoms with Crippen molar-refractivity contribution < 1.29 is 29.3 Å². The van der Waals surface area contributed by atoms with E-state index in [2.05, 4.69) is 117 Å². The molecule has 8 unspecified atom stereocenters. The number of esters is 2. The van der Waals surface area contributed by atoms with Crippen molar-refractivity contribution in [3.8, 4) is 22.5 Å². The van der Waals surface area contributed by atoms with Gasteiger partial charge in [-0.1, -0.05) is 95.3 Å². The fourth-order valence-electron chi connectivity index (χ4n) is 20.4. The number of nitrogens with one attached hydrogen (secondary N) is 1. The molecule has 15 heteroatoms. The normalized spacial score (nSPS) is 36.5. The second-order valence-corrected chi connectivity index (χ2v) is 30.3. The monoisotopic (exact) mass is 1170 g/mol. The van der Waals surface area contributed by atoms with E-state index in [1.54, 1.807) is 0 Å².